The molecular weight excluding hydrogens is 202 g/mol. The molecule has 0 radical (unpaired) electrons. The maximum Gasteiger partial charge on any atom is 0.0619 e. The predicted molar refractivity (Wildman–Crippen MR) is 64.4 cm³/mol. The van der Waals surface area contributed by atoms with Gasteiger partial charge < -0.3 is 15.2 Å². The largest absolute Gasteiger partial charge is 0.399 e. The second-order valence-electron chi connectivity index (χ2n) is 4.13. The molecule has 1 saturated heterocycles. The lowest BCUT2D eigenvalue weighted by Crippen LogP contribution is -2.24. The van der Waals surface area contributed by atoms with Gasteiger partial charge in [-0.25, -0.2) is 0 Å². The van der Waals surface area contributed by atoms with E-state index in [4.69, 9.17) is 15.2 Å². The minimum Gasteiger partial charge on any atom is -0.399 e. The van der Waals surface area contributed by atoms with Gasteiger partial charge in [0.15, 0.2) is 0 Å². The second kappa shape index (κ2) is 5.87. The quantitative estimate of drug-likeness (QED) is 0.791. The summed E-state index contributed by atoms with van der Waals surface area (Å²) in [5, 5.41) is 0. The number of rotatable bonds is 4. The van der Waals surface area contributed by atoms with Gasteiger partial charge in [0.2, 0.25) is 0 Å². The van der Waals surface area contributed by atoms with Crippen LogP contribution in [0.3, 0.4) is 0 Å². The lowest BCUT2D eigenvalue weighted by molar-refractivity contribution is -0.0306. The van der Waals surface area contributed by atoms with Crippen molar-refractivity contribution in [2.24, 2.45) is 0 Å². The van der Waals surface area contributed by atoms with E-state index in [0.717, 1.165) is 44.8 Å². The second-order valence-corrected chi connectivity index (χ2v) is 4.13. The molecular formula is C13H19NO2. The van der Waals surface area contributed by atoms with Crippen LogP contribution in [0.15, 0.2) is 24.3 Å². The highest BCUT2D eigenvalue weighted by atomic mass is 16.5. The van der Waals surface area contributed by atoms with E-state index < -0.39 is 0 Å². The molecule has 1 aromatic carbocycles. The van der Waals surface area contributed by atoms with Crippen LogP contribution in [0, 0.1) is 0 Å². The number of benzene rings is 1. The molecule has 0 amide bonds. The van der Waals surface area contributed by atoms with E-state index in [9.17, 15) is 0 Å². The SMILES string of the molecule is Nc1ccccc1CCOC1CCOCC1. The van der Waals surface area contributed by atoms with E-state index in [1.165, 1.54) is 5.56 Å². The fraction of sp³-hybridized carbons (Fsp3) is 0.538. The fourth-order valence-corrected chi connectivity index (χ4v) is 1.94. The lowest BCUT2D eigenvalue weighted by Gasteiger charge is -2.22. The average Bonchev–Trinajstić information content (AvgIpc) is 2.33. The van der Waals surface area contributed by atoms with Gasteiger partial charge in [-0.1, -0.05) is 18.2 Å². The summed E-state index contributed by atoms with van der Waals surface area (Å²) in [5.41, 5.74) is 7.90. The molecule has 2 N–H and O–H groups in total. The Balaban J connectivity index is 1.73. The van der Waals surface area contributed by atoms with Crippen LogP contribution in [0.1, 0.15) is 18.4 Å². The number of anilines is 1. The first-order valence-electron chi connectivity index (χ1n) is 5.89. The van der Waals surface area contributed by atoms with Crippen molar-refractivity contribution in [1.29, 1.82) is 0 Å². The molecule has 1 fully saturated rings. The number of nitrogens with two attached hydrogens (primary N) is 1. The van der Waals surface area contributed by atoms with Crippen LogP contribution in [0.2, 0.25) is 0 Å². The Bertz CT molecular complexity index is 321. The smallest absolute Gasteiger partial charge is 0.0619 e. The van der Waals surface area contributed by atoms with Crippen LogP contribution in [0.25, 0.3) is 0 Å². The average molecular weight is 221 g/mol. The topological polar surface area (TPSA) is 44.5 Å². The molecule has 3 heteroatoms. The van der Waals surface area contributed by atoms with Gasteiger partial charge in [0.25, 0.3) is 0 Å². The maximum absolute atomic E-state index is 5.86. The summed E-state index contributed by atoms with van der Waals surface area (Å²) in [7, 11) is 0. The third-order valence-corrected chi connectivity index (χ3v) is 2.95. The molecule has 1 heterocycles. The molecule has 0 aromatic heterocycles. The Morgan fingerprint density at radius 3 is 2.75 bits per heavy atom. The summed E-state index contributed by atoms with van der Waals surface area (Å²) in [6.45, 7) is 2.41. The molecule has 0 bridgehead atoms. The Labute approximate surface area is 96.5 Å². The Morgan fingerprint density at radius 1 is 1.25 bits per heavy atom. The van der Waals surface area contributed by atoms with Crippen LogP contribution in [0.5, 0.6) is 0 Å². The molecule has 0 atom stereocenters. The standard InChI is InChI=1S/C13H19NO2/c14-13-4-2-1-3-11(13)5-10-16-12-6-8-15-9-7-12/h1-4,12H,5-10,14H2. The van der Waals surface area contributed by atoms with Crippen molar-refractivity contribution in [1.82, 2.24) is 0 Å². The van der Waals surface area contributed by atoms with E-state index in [1.807, 2.05) is 18.2 Å². The van der Waals surface area contributed by atoms with Crippen molar-refractivity contribution in [3.8, 4) is 0 Å². The maximum atomic E-state index is 5.86. The van der Waals surface area contributed by atoms with E-state index in [1.54, 1.807) is 0 Å². The highest BCUT2D eigenvalue weighted by Gasteiger charge is 2.13. The molecule has 0 unspecified atom stereocenters. The number of ether oxygens (including phenoxy) is 2. The van der Waals surface area contributed by atoms with Gasteiger partial charge in [-0.05, 0) is 30.9 Å². The molecule has 16 heavy (non-hydrogen) atoms. The summed E-state index contributed by atoms with van der Waals surface area (Å²) in [6.07, 6.45) is 3.30. The van der Waals surface area contributed by atoms with E-state index in [0.29, 0.717) is 6.10 Å². The van der Waals surface area contributed by atoms with Crippen LogP contribution < -0.4 is 5.73 Å². The number of hydrogen-bond acceptors (Lipinski definition) is 3. The van der Waals surface area contributed by atoms with Gasteiger partial charge in [-0.15, -0.1) is 0 Å². The monoisotopic (exact) mass is 221 g/mol. The molecule has 88 valence electrons. The van der Waals surface area contributed by atoms with Gasteiger partial charge in [0, 0.05) is 18.9 Å². The molecule has 1 aromatic rings. The highest BCUT2D eigenvalue weighted by Crippen LogP contribution is 2.14. The van der Waals surface area contributed by atoms with Crippen molar-refractivity contribution in [2.45, 2.75) is 25.4 Å². The number of hydrogen-bond donors (Lipinski definition) is 1. The lowest BCUT2D eigenvalue weighted by atomic mass is 10.1. The molecule has 0 aliphatic carbocycles. The highest BCUT2D eigenvalue weighted by molar-refractivity contribution is 5.46. The minimum atomic E-state index is 0.374. The Morgan fingerprint density at radius 2 is 2.00 bits per heavy atom. The summed E-state index contributed by atoms with van der Waals surface area (Å²) in [5.74, 6) is 0. The van der Waals surface area contributed by atoms with Crippen LogP contribution >= 0.6 is 0 Å². The van der Waals surface area contributed by atoms with Gasteiger partial charge in [-0.2, -0.15) is 0 Å². The van der Waals surface area contributed by atoms with Crippen LogP contribution in [0.4, 0.5) is 5.69 Å². The molecule has 3 nitrogen and oxygen atoms in total. The first-order chi connectivity index (χ1) is 7.86. The zero-order valence-corrected chi connectivity index (χ0v) is 9.52. The van der Waals surface area contributed by atoms with Gasteiger partial charge in [0.1, 0.15) is 0 Å². The van der Waals surface area contributed by atoms with Crippen LogP contribution in [-0.4, -0.2) is 25.9 Å². The van der Waals surface area contributed by atoms with Crippen molar-refractivity contribution >= 4 is 5.69 Å². The predicted octanol–water partition coefficient (Wildman–Crippen LogP) is 2.01. The van der Waals surface area contributed by atoms with Crippen molar-refractivity contribution < 1.29 is 9.47 Å². The van der Waals surface area contributed by atoms with E-state index in [2.05, 4.69) is 6.07 Å². The molecule has 2 rings (SSSR count). The zero-order valence-electron chi connectivity index (χ0n) is 9.52. The third kappa shape index (κ3) is 3.22. The van der Waals surface area contributed by atoms with Crippen molar-refractivity contribution in [3.63, 3.8) is 0 Å². The number of para-hydroxylation sites is 1. The molecule has 0 spiro atoms. The first-order valence-corrected chi connectivity index (χ1v) is 5.89. The zero-order chi connectivity index (χ0) is 11.2. The summed E-state index contributed by atoms with van der Waals surface area (Å²) in [4.78, 5) is 0. The molecule has 0 saturated carbocycles. The minimum absolute atomic E-state index is 0.374. The van der Waals surface area contributed by atoms with Crippen molar-refractivity contribution in [3.05, 3.63) is 29.8 Å². The van der Waals surface area contributed by atoms with Gasteiger partial charge in [-0.3, -0.25) is 0 Å². The summed E-state index contributed by atoms with van der Waals surface area (Å²) >= 11 is 0. The number of nitrogen functional groups attached to an aromatic ring is 1. The molecule has 1 aliphatic heterocycles. The van der Waals surface area contributed by atoms with E-state index in [-0.39, 0.29) is 0 Å². The summed E-state index contributed by atoms with van der Waals surface area (Å²) in [6, 6.07) is 7.96. The van der Waals surface area contributed by atoms with Crippen molar-refractivity contribution in [2.75, 3.05) is 25.6 Å². The summed E-state index contributed by atoms with van der Waals surface area (Å²) < 4.78 is 11.1. The van der Waals surface area contributed by atoms with Crippen LogP contribution in [-0.2, 0) is 15.9 Å². The first kappa shape index (κ1) is 11.4. The third-order valence-electron chi connectivity index (χ3n) is 2.95. The van der Waals surface area contributed by atoms with Gasteiger partial charge in [0.05, 0.1) is 12.7 Å². The fourth-order valence-electron chi connectivity index (χ4n) is 1.94. The Kier molecular flexibility index (Phi) is 4.19. The normalized spacial score (nSPS) is 17.5. The molecule has 1 aliphatic rings. The van der Waals surface area contributed by atoms with Gasteiger partial charge >= 0.3 is 0 Å². The Hall–Kier alpha value is -1.06. The van der Waals surface area contributed by atoms with E-state index >= 15 is 0 Å².